The number of halogens is 3. The van der Waals surface area contributed by atoms with Crippen molar-refractivity contribution >= 4 is 17.8 Å². The molecule has 2 heterocycles. The molecule has 1 unspecified atom stereocenters. The molecule has 1 N–H and O–H groups in total. The summed E-state index contributed by atoms with van der Waals surface area (Å²) in [6, 6.07) is 3.15. The first kappa shape index (κ1) is 18.1. The zero-order valence-electron chi connectivity index (χ0n) is 15.3. The zero-order chi connectivity index (χ0) is 20.3. The van der Waals surface area contributed by atoms with Gasteiger partial charge in [0.25, 0.3) is 5.91 Å². The second-order valence-electron chi connectivity index (χ2n) is 7.93. The number of hydrogen-bond donors (Lipinski definition) is 1. The summed E-state index contributed by atoms with van der Waals surface area (Å²) < 4.78 is 42.5. The van der Waals surface area contributed by atoms with Crippen molar-refractivity contribution in [3.05, 3.63) is 52.9 Å². The molecule has 2 saturated carbocycles. The normalized spacial score (nSPS) is 25.1. The van der Waals surface area contributed by atoms with Crippen LogP contribution in [0.3, 0.4) is 0 Å². The molecule has 0 bridgehead atoms. The maximum atomic E-state index is 15.2. The first-order valence-electron chi connectivity index (χ1n) is 9.42. The lowest BCUT2D eigenvalue weighted by Gasteiger charge is -2.35. The van der Waals surface area contributed by atoms with Crippen LogP contribution in [0.25, 0.3) is 0 Å². The quantitative estimate of drug-likeness (QED) is 0.853. The Hall–Kier alpha value is -2.97. The summed E-state index contributed by atoms with van der Waals surface area (Å²) >= 11 is 0. The predicted octanol–water partition coefficient (Wildman–Crippen LogP) is 2.71. The van der Waals surface area contributed by atoms with Crippen LogP contribution in [-0.4, -0.2) is 45.9 Å². The van der Waals surface area contributed by atoms with Crippen molar-refractivity contribution in [3.63, 3.8) is 0 Å². The Bertz CT molecular complexity index is 1030. The molecule has 1 spiro atoms. The Morgan fingerprint density at radius 2 is 1.93 bits per heavy atom. The molecule has 150 valence electrons. The van der Waals surface area contributed by atoms with Crippen molar-refractivity contribution < 1.29 is 22.8 Å². The number of nitrogens with one attached hydrogen (secondary N) is 1. The minimum absolute atomic E-state index is 0.0667. The molecule has 29 heavy (non-hydrogen) atoms. The van der Waals surface area contributed by atoms with Crippen LogP contribution < -0.4 is 5.32 Å². The molecular weight excluding hydrogens is 385 g/mol. The zero-order valence-corrected chi connectivity index (χ0v) is 15.3. The van der Waals surface area contributed by atoms with E-state index < -0.39 is 35.0 Å². The first-order chi connectivity index (χ1) is 13.9. The molecule has 3 aliphatic rings. The van der Waals surface area contributed by atoms with Gasteiger partial charge < -0.3 is 4.90 Å². The summed E-state index contributed by atoms with van der Waals surface area (Å²) in [6.45, 7) is -0.428. The van der Waals surface area contributed by atoms with Crippen LogP contribution in [0.1, 0.15) is 46.7 Å². The molecule has 1 aromatic heterocycles. The van der Waals surface area contributed by atoms with E-state index in [-0.39, 0.29) is 42.5 Å². The number of aromatic nitrogens is 2. The van der Waals surface area contributed by atoms with E-state index >= 15 is 4.39 Å². The van der Waals surface area contributed by atoms with E-state index in [1.807, 2.05) is 0 Å². The van der Waals surface area contributed by atoms with Gasteiger partial charge in [-0.1, -0.05) is 6.07 Å². The monoisotopic (exact) mass is 402 g/mol. The third-order valence-corrected chi connectivity index (χ3v) is 5.87. The van der Waals surface area contributed by atoms with Crippen LogP contribution in [0.4, 0.5) is 19.1 Å². The molecule has 6 nitrogen and oxygen atoms in total. The van der Waals surface area contributed by atoms with Gasteiger partial charge in [-0.05, 0) is 36.8 Å². The Kier molecular flexibility index (Phi) is 3.91. The summed E-state index contributed by atoms with van der Waals surface area (Å²) in [5.74, 6) is -2.20. The van der Waals surface area contributed by atoms with Crippen LogP contribution in [0.5, 0.6) is 0 Å². The summed E-state index contributed by atoms with van der Waals surface area (Å²) in [5.41, 5.74) is -0.262. The number of hydrogen-bond acceptors (Lipinski definition) is 4. The smallest absolute Gasteiger partial charge is 0.254 e. The SMILES string of the molecule is O=C(CN1CC2(C[C@@H]2F)c2c(ccc(C3CC3)c2F)C1=O)Nc1ncc(F)cn1. The summed E-state index contributed by atoms with van der Waals surface area (Å²) in [5, 5.41) is 2.37. The highest BCUT2D eigenvalue weighted by Crippen LogP contribution is 2.56. The summed E-state index contributed by atoms with van der Waals surface area (Å²) in [7, 11) is 0. The molecule has 1 aliphatic heterocycles. The topological polar surface area (TPSA) is 75.2 Å². The van der Waals surface area contributed by atoms with E-state index in [4.69, 9.17) is 0 Å². The van der Waals surface area contributed by atoms with Gasteiger partial charge in [-0.2, -0.15) is 0 Å². The van der Waals surface area contributed by atoms with Crippen molar-refractivity contribution in [2.75, 3.05) is 18.4 Å². The molecule has 1 aromatic carbocycles. The lowest BCUT2D eigenvalue weighted by molar-refractivity contribution is -0.117. The fourth-order valence-corrected chi connectivity index (χ4v) is 4.15. The number of carbonyl (C=O) groups is 2. The van der Waals surface area contributed by atoms with E-state index in [9.17, 15) is 18.4 Å². The van der Waals surface area contributed by atoms with Gasteiger partial charge >= 0.3 is 0 Å². The van der Waals surface area contributed by atoms with Crippen molar-refractivity contribution in [3.8, 4) is 0 Å². The highest BCUT2D eigenvalue weighted by Gasteiger charge is 2.62. The van der Waals surface area contributed by atoms with Crippen molar-refractivity contribution in [2.45, 2.75) is 36.8 Å². The predicted molar refractivity (Wildman–Crippen MR) is 96.1 cm³/mol. The number of alkyl halides is 1. The van der Waals surface area contributed by atoms with Crippen molar-refractivity contribution in [2.24, 2.45) is 0 Å². The Morgan fingerprint density at radius 3 is 2.55 bits per heavy atom. The van der Waals surface area contributed by atoms with Crippen LogP contribution in [0.15, 0.2) is 24.5 Å². The van der Waals surface area contributed by atoms with Gasteiger partial charge in [0.2, 0.25) is 11.9 Å². The second-order valence-corrected chi connectivity index (χ2v) is 7.93. The van der Waals surface area contributed by atoms with Crippen LogP contribution in [0.2, 0.25) is 0 Å². The minimum atomic E-state index is -1.26. The van der Waals surface area contributed by atoms with E-state index in [2.05, 4.69) is 15.3 Å². The maximum absolute atomic E-state index is 15.2. The number of anilines is 1. The van der Waals surface area contributed by atoms with Gasteiger partial charge in [-0.25, -0.2) is 23.1 Å². The Balaban J connectivity index is 1.41. The van der Waals surface area contributed by atoms with E-state index in [1.54, 1.807) is 12.1 Å². The van der Waals surface area contributed by atoms with E-state index in [1.165, 1.54) is 4.90 Å². The maximum Gasteiger partial charge on any atom is 0.254 e. The molecule has 0 saturated heterocycles. The van der Waals surface area contributed by atoms with Gasteiger partial charge in [-0.3, -0.25) is 14.9 Å². The summed E-state index contributed by atoms with van der Waals surface area (Å²) in [4.78, 5) is 33.7. The number of rotatable bonds is 4. The van der Waals surface area contributed by atoms with Gasteiger partial charge in [0.05, 0.1) is 17.8 Å². The van der Waals surface area contributed by atoms with Gasteiger partial charge in [-0.15, -0.1) is 0 Å². The van der Waals surface area contributed by atoms with Crippen LogP contribution >= 0.6 is 0 Å². The van der Waals surface area contributed by atoms with Crippen LogP contribution in [0, 0.1) is 11.6 Å². The van der Waals surface area contributed by atoms with E-state index in [0.717, 1.165) is 25.2 Å². The molecule has 9 heteroatoms. The average Bonchev–Trinajstić information content (AvgIpc) is 3.60. The minimum Gasteiger partial charge on any atom is -0.328 e. The molecule has 0 radical (unpaired) electrons. The molecule has 2 fully saturated rings. The molecule has 2 amide bonds. The standard InChI is InChI=1S/C20H17F3N4O2/c21-11-6-24-19(25-7-11)26-15(28)8-27-9-20(5-14(20)22)16-13(18(27)29)4-3-12(17(16)23)10-1-2-10/h3-4,6-7,10,14H,1-2,5,8-9H2,(H,24,25,26,28)/t14-,20?/m0/s1. The fraction of sp³-hybridized carbons (Fsp3) is 0.400. The molecule has 5 rings (SSSR count). The molecule has 2 aromatic rings. The number of nitrogens with zero attached hydrogens (tertiary/aromatic N) is 3. The van der Waals surface area contributed by atoms with Crippen LogP contribution in [-0.2, 0) is 10.2 Å². The van der Waals surface area contributed by atoms with Crippen molar-refractivity contribution in [1.82, 2.24) is 14.9 Å². The number of benzene rings is 1. The summed E-state index contributed by atoms with van der Waals surface area (Å²) in [6.07, 6.45) is 2.46. The molecular formula is C20H17F3N4O2. The number of amides is 2. The molecule has 2 aliphatic carbocycles. The Morgan fingerprint density at radius 1 is 1.24 bits per heavy atom. The van der Waals surface area contributed by atoms with E-state index in [0.29, 0.717) is 5.56 Å². The Labute approximate surface area is 164 Å². The largest absolute Gasteiger partial charge is 0.328 e. The third kappa shape index (κ3) is 2.95. The molecule has 2 atom stereocenters. The van der Waals surface area contributed by atoms with Gasteiger partial charge in [0.15, 0.2) is 5.82 Å². The highest BCUT2D eigenvalue weighted by molar-refractivity contribution is 6.01. The second kappa shape index (κ2) is 6.27. The van der Waals surface area contributed by atoms with Gasteiger partial charge in [0.1, 0.15) is 18.5 Å². The fourth-order valence-electron chi connectivity index (χ4n) is 4.15. The lowest BCUT2D eigenvalue weighted by Crippen LogP contribution is -2.48. The lowest BCUT2D eigenvalue weighted by atomic mass is 9.83. The highest BCUT2D eigenvalue weighted by atomic mass is 19.1. The van der Waals surface area contributed by atoms with Gasteiger partial charge in [0, 0.05) is 17.7 Å². The average molecular weight is 402 g/mol. The number of fused-ring (bicyclic) bond motifs is 2. The third-order valence-electron chi connectivity index (χ3n) is 5.87. The first-order valence-corrected chi connectivity index (χ1v) is 9.42. The van der Waals surface area contributed by atoms with Crippen molar-refractivity contribution in [1.29, 1.82) is 0 Å². The number of carbonyl (C=O) groups excluding carboxylic acids is 2.